The van der Waals surface area contributed by atoms with Crippen LogP contribution in [0.4, 0.5) is 13.6 Å². The van der Waals surface area contributed by atoms with Crippen LogP contribution in [-0.4, -0.2) is 48.1 Å². The predicted octanol–water partition coefficient (Wildman–Crippen LogP) is 1.38. The molecule has 1 N–H and O–H groups in total. The van der Waals surface area contributed by atoms with Gasteiger partial charge in [0, 0.05) is 13.0 Å². The van der Waals surface area contributed by atoms with Gasteiger partial charge in [0.05, 0.1) is 6.54 Å². The third kappa shape index (κ3) is 4.85. The molecule has 1 heterocycles. The van der Waals surface area contributed by atoms with Crippen molar-refractivity contribution in [1.82, 2.24) is 10.2 Å². The largest absolute Gasteiger partial charge is 0.444 e. The second-order valence-electron chi connectivity index (χ2n) is 5.28. The average molecular weight is 264 g/mol. The number of halogens is 2. The van der Waals surface area contributed by atoms with Crippen LogP contribution in [0.1, 0.15) is 27.2 Å². The maximum atomic E-state index is 12.9. The van der Waals surface area contributed by atoms with Crippen molar-refractivity contribution in [3.05, 3.63) is 0 Å². The lowest BCUT2D eigenvalue weighted by atomic mass is 10.2. The van der Waals surface area contributed by atoms with Gasteiger partial charge in [0.25, 0.3) is 5.92 Å². The van der Waals surface area contributed by atoms with Crippen LogP contribution in [0.15, 0.2) is 0 Å². The second-order valence-corrected chi connectivity index (χ2v) is 5.28. The van der Waals surface area contributed by atoms with E-state index in [1.807, 2.05) is 0 Å². The molecule has 5 nitrogen and oxygen atoms in total. The highest BCUT2D eigenvalue weighted by Crippen LogP contribution is 2.26. The van der Waals surface area contributed by atoms with Crippen molar-refractivity contribution in [3.63, 3.8) is 0 Å². The molecule has 104 valence electrons. The Kier molecular flexibility index (Phi) is 4.13. The van der Waals surface area contributed by atoms with E-state index in [1.165, 1.54) is 0 Å². The Morgan fingerprint density at radius 3 is 2.44 bits per heavy atom. The van der Waals surface area contributed by atoms with Crippen molar-refractivity contribution < 1.29 is 23.1 Å². The zero-order chi connectivity index (χ0) is 14.0. The van der Waals surface area contributed by atoms with E-state index in [1.54, 1.807) is 20.8 Å². The van der Waals surface area contributed by atoms with Crippen LogP contribution in [0.25, 0.3) is 0 Å². The van der Waals surface area contributed by atoms with Gasteiger partial charge in [-0.25, -0.2) is 13.6 Å². The number of hydrogen-bond donors (Lipinski definition) is 1. The summed E-state index contributed by atoms with van der Waals surface area (Å²) in [7, 11) is 0. The van der Waals surface area contributed by atoms with Crippen molar-refractivity contribution in [1.29, 1.82) is 0 Å². The molecule has 1 aliphatic heterocycles. The summed E-state index contributed by atoms with van der Waals surface area (Å²) in [5.74, 6) is -3.35. The van der Waals surface area contributed by atoms with Gasteiger partial charge >= 0.3 is 6.09 Å². The molecule has 1 fully saturated rings. The van der Waals surface area contributed by atoms with E-state index in [-0.39, 0.29) is 19.5 Å². The van der Waals surface area contributed by atoms with Gasteiger partial charge in [-0.3, -0.25) is 4.79 Å². The molecule has 2 amide bonds. The Morgan fingerprint density at radius 2 is 2.00 bits per heavy atom. The summed E-state index contributed by atoms with van der Waals surface area (Å²) in [5.41, 5.74) is -0.659. The molecule has 0 aromatic carbocycles. The maximum absolute atomic E-state index is 12.9. The molecule has 18 heavy (non-hydrogen) atoms. The fourth-order valence-corrected chi connectivity index (χ4v) is 1.52. The molecule has 0 unspecified atom stereocenters. The van der Waals surface area contributed by atoms with E-state index < -0.39 is 30.1 Å². The molecule has 1 aliphatic rings. The Hall–Kier alpha value is -1.40. The van der Waals surface area contributed by atoms with Gasteiger partial charge in [-0.15, -0.1) is 0 Å². The smallest absolute Gasteiger partial charge is 0.408 e. The van der Waals surface area contributed by atoms with Gasteiger partial charge in [-0.2, -0.15) is 0 Å². The van der Waals surface area contributed by atoms with Gasteiger partial charge in [0.2, 0.25) is 5.91 Å². The number of amides is 2. The van der Waals surface area contributed by atoms with Crippen LogP contribution >= 0.6 is 0 Å². The van der Waals surface area contributed by atoms with E-state index in [9.17, 15) is 18.4 Å². The molecular formula is C11H18F2N2O3. The molecule has 0 spiro atoms. The zero-order valence-corrected chi connectivity index (χ0v) is 10.8. The molecule has 0 bridgehead atoms. The number of alkyl carbamates (subject to hydrolysis) is 1. The highest BCUT2D eigenvalue weighted by atomic mass is 19.3. The quantitative estimate of drug-likeness (QED) is 0.819. The van der Waals surface area contributed by atoms with Crippen molar-refractivity contribution in [2.75, 3.05) is 19.6 Å². The molecule has 1 saturated heterocycles. The first-order chi connectivity index (χ1) is 8.09. The normalized spacial score (nSPS) is 18.6. The lowest BCUT2D eigenvalue weighted by Crippen LogP contribution is -2.41. The molecule has 0 radical (unpaired) electrons. The predicted molar refractivity (Wildman–Crippen MR) is 60.4 cm³/mol. The summed E-state index contributed by atoms with van der Waals surface area (Å²) in [6.07, 6.45) is -1.06. The topological polar surface area (TPSA) is 58.6 Å². The molecule has 7 heteroatoms. The van der Waals surface area contributed by atoms with E-state index in [0.29, 0.717) is 0 Å². The van der Waals surface area contributed by atoms with Crippen molar-refractivity contribution >= 4 is 12.0 Å². The van der Waals surface area contributed by atoms with Crippen molar-refractivity contribution in [3.8, 4) is 0 Å². The number of ether oxygens (including phenoxy) is 1. The van der Waals surface area contributed by atoms with Gasteiger partial charge in [-0.05, 0) is 20.8 Å². The van der Waals surface area contributed by atoms with Gasteiger partial charge < -0.3 is 15.0 Å². The third-order valence-electron chi connectivity index (χ3n) is 2.31. The summed E-state index contributed by atoms with van der Waals surface area (Å²) in [5, 5.41) is 2.25. The number of hydrogen-bond acceptors (Lipinski definition) is 3. The van der Waals surface area contributed by atoms with Crippen molar-refractivity contribution in [2.24, 2.45) is 0 Å². The van der Waals surface area contributed by atoms with E-state index in [2.05, 4.69) is 5.32 Å². The van der Waals surface area contributed by atoms with Crippen LogP contribution in [0.5, 0.6) is 0 Å². The molecule has 1 rings (SSSR count). The Bertz CT molecular complexity index is 340. The fourth-order valence-electron chi connectivity index (χ4n) is 1.52. The monoisotopic (exact) mass is 264 g/mol. The SMILES string of the molecule is CC(C)(C)OC(=O)NCC(=O)N1CCC(F)(F)C1. The van der Waals surface area contributed by atoms with Crippen LogP contribution < -0.4 is 5.32 Å². The van der Waals surface area contributed by atoms with Crippen LogP contribution in [-0.2, 0) is 9.53 Å². The first-order valence-corrected chi connectivity index (χ1v) is 5.71. The van der Waals surface area contributed by atoms with Gasteiger partial charge in [0.1, 0.15) is 12.1 Å². The maximum Gasteiger partial charge on any atom is 0.408 e. The second kappa shape index (κ2) is 5.07. The Balaban J connectivity index is 2.32. The highest BCUT2D eigenvalue weighted by Gasteiger charge is 2.40. The fraction of sp³-hybridized carbons (Fsp3) is 0.818. The van der Waals surface area contributed by atoms with E-state index in [4.69, 9.17) is 4.74 Å². The molecular weight excluding hydrogens is 246 g/mol. The molecule has 0 atom stereocenters. The van der Waals surface area contributed by atoms with Crippen molar-refractivity contribution in [2.45, 2.75) is 38.7 Å². The summed E-state index contributed by atoms with van der Waals surface area (Å²) >= 11 is 0. The number of nitrogens with one attached hydrogen (secondary N) is 1. The number of carbonyl (C=O) groups is 2. The van der Waals surface area contributed by atoms with E-state index >= 15 is 0 Å². The number of rotatable bonds is 2. The lowest BCUT2D eigenvalue weighted by Gasteiger charge is -2.20. The number of alkyl halides is 2. The minimum atomic E-state index is -2.82. The highest BCUT2D eigenvalue weighted by molar-refractivity contribution is 5.82. The Morgan fingerprint density at radius 1 is 1.39 bits per heavy atom. The lowest BCUT2D eigenvalue weighted by molar-refractivity contribution is -0.130. The Labute approximate surface area is 104 Å². The zero-order valence-electron chi connectivity index (χ0n) is 10.8. The summed E-state index contributed by atoms with van der Waals surface area (Å²) < 4.78 is 30.7. The molecule has 0 aromatic rings. The minimum Gasteiger partial charge on any atom is -0.444 e. The van der Waals surface area contributed by atoms with Gasteiger partial charge in [0.15, 0.2) is 0 Å². The first-order valence-electron chi connectivity index (χ1n) is 5.71. The van der Waals surface area contributed by atoms with Crippen LogP contribution in [0.3, 0.4) is 0 Å². The summed E-state index contributed by atoms with van der Waals surface area (Å²) in [4.78, 5) is 23.8. The van der Waals surface area contributed by atoms with Gasteiger partial charge in [-0.1, -0.05) is 0 Å². The summed E-state index contributed by atoms with van der Waals surface area (Å²) in [6, 6.07) is 0. The first kappa shape index (κ1) is 14.7. The third-order valence-corrected chi connectivity index (χ3v) is 2.31. The van der Waals surface area contributed by atoms with Crippen LogP contribution in [0, 0.1) is 0 Å². The molecule has 0 saturated carbocycles. The minimum absolute atomic E-state index is 0.0157. The molecule has 0 aromatic heterocycles. The number of carbonyl (C=O) groups excluding carboxylic acids is 2. The summed E-state index contributed by atoms with van der Waals surface area (Å²) in [6.45, 7) is 4.18. The van der Waals surface area contributed by atoms with E-state index in [0.717, 1.165) is 4.90 Å². The number of likely N-dealkylation sites (tertiary alicyclic amines) is 1. The standard InChI is InChI=1S/C11H18F2N2O3/c1-10(2,3)18-9(17)14-6-8(16)15-5-4-11(12,13)7-15/h4-7H2,1-3H3,(H,14,17). The van der Waals surface area contributed by atoms with Crippen LogP contribution in [0.2, 0.25) is 0 Å². The average Bonchev–Trinajstić information content (AvgIpc) is 2.52. The molecule has 0 aliphatic carbocycles. The number of nitrogens with zero attached hydrogens (tertiary/aromatic N) is 1.